The summed E-state index contributed by atoms with van der Waals surface area (Å²) in [5.74, 6) is 5.38. The zero-order chi connectivity index (χ0) is 41.0. The normalized spacial score (nSPS) is 24.3. The van der Waals surface area contributed by atoms with Crippen molar-refractivity contribution in [3.63, 3.8) is 0 Å². The molecule has 56 heavy (non-hydrogen) atoms. The third-order valence-electron chi connectivity index (χ3n) is 12.5. The van der Waals surface area contributed by atoms with E-state index in [1.807, 2.05) is 21.6 Å². The van der Waals surface area contributed by atoms with Crippen molar-refractivity contribution < 1.29 is 53.7 Å². The van der Waals surface area contributed by atoms with Crippen molar-refractivity contribution in [2.45, 2.75) is 172 Å². The highest BCUT2D eigenvalue weighted by Crippen LogP contribution is 2.62. The van der Waals surface area contributed by atoms with Crippen LogP contribution in [-0.2, 0) is 15.9 Å². The molecule has 2 fully saturated rings. The Morgan fingerprint density at radius 1 is 0.696 bits per heavy atom. The number of benzene rings is 1. The lowest BCUT2D eigenvalue weighted by Gasteiger charge is -2.50. The number of rotatable bonds is 24. The molecule has 5 unspecified atom stereocenters. The fraction of sp³-hybridized carbons (Fsp3) is 0.857. The van der Waals surface area contributed by atoms with E-state index in [0.717, 1.165) is 50.2 Å². The summed E-state index contributed by atoms with van der Waals surface area (Å²) in [6.07, 6.45) is -1.67. The minimum Gasteiger partial charge on any atom is -0.494 e. The van der Waals surface area contributed by atoms with Gasteiger partial charge in [0.2, 0.25) is 0 Å². The first-order valence-electron chi connectivity index (χ1n) is 20.9. The third-order valence-corrected chi connectivity index (χ3v) is 15.0. The highest BCUT2D eigenvalue weighted by molar-refractivity contribution is 8.76. The van der Waals surface area contributed by atoms with Crippen molar-refractivity contribution in [1.29, 1.82) is 0 Å². The molecule has 2 saturated carbocycles. The fourth-order valence-corrected chi connectivity index (χ4v) is 11.8. The highest BCUT2D eigenvalue weighted by Gasteiger charge is 2.85. The lowest BCUT2D eigenvalue weighted by atomic mass is 9.55. The zero-order valence-corrected chi connectivity index (χ0v) is 35.0. The summed E-state index contributed by atoms with van der Waals surface area (Å²) in [7, 11) is 4.07. The first-order valence-corrected chi connectivity index (χ1v) is 23.4. The van der Waals surface area contributed by atoms with Crippen molar-refractivity contribution in [1.82, 2.24) is 0 Å². The predicted molar refractivity (Wildman–Crippen MR) is 208 cm³/mol. The summed E-state index contributed by atoms with van der Waals surface area (Å²) in [5, 5.41) is 0. The molecule has 0 aliphatic heterocycles. The first kappa shape index (κ1) is 47.7. The molecule has 324 valence electrons. The predicted octanol–water partition coefficient (Wildman–Crippen LogP) is 14.5. The van der Waals surface area contributed by atoms with E-state index in [9.17, 15) is 39.5 Å². The molecule has 0 aromatic heterocycles. The molecule has 14 heteroatoms. The summed E-state index contributed by atoms with van der Waals surface area (Å²) in [5.41, 5.74) is -3.80. The van der Waals surface area contributed by atoms with Gasteiger partial charge in [-0.05, 0) is 117 Å². The molecule has 3 aliphatic carbocycles. The molecule has 1 aromatic carbocycles. The second-order valence-corrected chi connectivity index (χ2v) is 19.5. The molecule has 5 atom stereocenters. The molecule has 0 amide bonds. The van der Waals surface area contributed by atoms with Crippen LogP contribution in [0, 0.1) is 23.2 Å². The molecule has 0 radical (unpaired) electrons. The molecule has 0 bridgehead atoms. The topological polar surface area (TPSA) is 27.7 Å². The molecule has 0 saturated heterocycles. The number of ether oxygens (including phenoxy) is 3. The Morgan fingerprint density at radius 3 is 1.93 bits per heavy atom. The Bertz CT molecular complexity index is 1270. The maximum Gasteiger partial charge on any atom is 0.435 e. The second-order valence-electron chi connectivity index (χ2n) is 16.8. The van der Waals surface area contributed by atoms with Gasteiger partial charge in [0.1, 0.15) is 5.75 Å². The quantitative estimate of drug-likeness (QED) is 0.0587. The maximum atomic E-state index is 13.2. The van der Waals surface area contributed by atoms with Gasteiger partial charge in [0, 0.05) is 18.1 Å². The van der Waals surface area contributed by atoms with Crippen LogP contribution in [0.2, 0.25) is 0 Å². The van der Waals surface area contributed by atoms with E-state index in [4.69, 9.17) is 9.47 Å². The Kier molecular flexibility index (Phi) is 18.3. The molecular weight excluding hydrogens is 788 g/mol. The van der Waals surface area contributed by atoms with E-state index in [2.05, 4.69) is 43.7 Å². The molecule has 3 aliphatic rings. The smallest absolute Gasteiger partial charge is 0.435 e. The van der Waals surface area contributed by atoms with Crippen molar-refractivity contribution in [3.8, 4) is 5.75 Å². The number of fused-ring (bicyclic) bond motifs is 5. The van der Waals surface area contributed by atoms with Crippen LogP contribution in [0.4, 0.5) is 39.5 Å². The van der Waals surface area contributed by atoms with Crippen LogP contribution in [0.5, 0.6) is 5.75 Å². The number of halogens is 9. The minimum atomic E-state index is -6.73. The molecule has 0 heterocycles. The van der Waals surface area contributed by atoms with Gasteiger partial charge in [0.15, 0.2) is 0 Å². The van der Waals surface area contributed by atoms with Crippen molar-refractivity contribution in [2.75, 3.05) is 31.3 Å². The fourth-order valence-electron chi connectivity index (χ4n) is 9.46. The van der Waals surface area contributed by atoms with Crippen LogP contribution in [0.3, 0.4) is 0 Å². The van der Waals surface area contributed by atoms with Crippen LogP contribution < -0.4 is 4.74 Å². The molecule has 4 rings (SSSR count). The molecule has 0 N–H and O–H groups in total. The monoisotopic (exact) mass is 850 g/mol. The van der Waals surface area contributed by atoms with Gasteiger partial charge < -0.3 is 14.2 Å². The number of alkyl halides is 9. The average molecular weight is 851 g/mol. The van der Waals surface area contributed by atoms with E-state index in [-0.39, 0.29) is 18.1 Å². The summed E-state index contributed by atoms with van der Waals surface area (Å²) >= 11 is 0. The highest BCUT2D eigenvalue weighted by atomic mass is 33.1. The molecule has 0 spiro atoms. The van der Waals surface area contributed by atoms with Crippen molar-refractivity contribution in [2.24, 2.45) is 23.2 Å². The lowest BCUT2D eigenvalue weighted by Crippen LogP contribution is -2.67. The minimum absolute atomic E-state index is 0.236. The van der Waals surface area contributed by atoms with E-state index >= 15 is 0 Å². The number of hydrogen-bond acceptors (Lipinski definition) is 5. The summed E-state index contributed by atoms with van der Waals surface area (Å²) in [6, 6.07) is 6.47. The Hall–Kier alpha value is -0.990. The Morgan fingerprint density at radius 2 is 1.30 bits per heavy atom. The van der Waals surface area contributed by atoms with Crippen molar-refractivity contribution >= 4 is 21.6 Å². The number of hydrogen-bond donors (Lipinski definition) is 0. The molecular formula is C42H63F9O3S2. The van der Waals surface area contributed by atoms with E-state index < -0.39 is 37.2 Å². The van der Waals surface area contributed by atoms with E-state index in [1.54, 1.807) is 0 Å². The van der Waals surface area contributed by atoms with Gasteiger partial charge in [-0.15, -0.1) is 0 Å². The summed E-state index contributed by atoms with van der Waals surface area (Å²) in [6.45, 7) is 5.73. The van der Waals surface area contributed by atoms with Crippen LogP contribution in [0.25, 0.3) is 0 Å². The molecule has 3 nitrogen and oxygen atoms in total. The largest absolute Gasteiger partial charge is 0.494 e. The lowest BCUT2D eigenvalue weighted by molar-refractivity contribution is -0.457. The van der Waals surface area contributed by atoms with Gasteiger partial charge in [0.05, 0.1) is 19.3 Å². The Labute approximate surface area is 336 Å². The van der Waals surface area contributed by atoms with Crippen LogP contribution in [-0.4, -0.2) is 61.6 Å². The Balaban J connectivity index is 1.11. The van der Waals surface area contributed by atoms with Gasteiger partial charge in [-0.3, -0.25) is 0 Å². The van der Waals surface area contributed by atoms with Gasteiger partial charge in [-0.2, -0.15) is 39.5 Å². The average Bonchev–Trinajstić information content (AvgIpc) is 3.44. The van der Waals surface area contributed by atoms with E-state index in [1.165, 1.54) is 86.8 Å². The zero-order valence-electron chi connectivity index (χ0n) is 33.3. The summed E-state index contributed by atoms with van der Waals surface area (Å²) in [4.78, 5) is 0. The standard InChI is InChI=1S/C42H63F9O3S2/c1-30(2)15-10-6-9-13-28-56-55-27-12-8-5-4-7-11-24-52-32-17-19-33-31(29-32)16-18-35-34(33)22-23-38(3)36(35)20-21-37(38)53-25-14-26-54-39(40(43,44)45,41(46,47)48)42(49,50)51/h17,19,29-30,34-37H,4-16,18,20-28H2,1-3H3. The molecule has 1 aromatic rings. The first-order chi connectivity index (χ1) is 26.4. The number of unbranched alkanes of at least 4 members (excludes halogenated alkanes) is 8. The van der Waals surface area contributed by atoms with Gasteiger partial charge >= 0.3 is 24.1 Å². The van der Waals surface area contributed by atoms with Crippen LogP contribution >= 0.6 is 21.6 Å². The third kappa shape index (κ3) is 12.3. The van der Waals surface area contributed by atoms with Gasteiger partial charge in [0.25, 0.3) is 0 Å². The van der Waals surface area contributed by atoms with Gasteiger partial charge in [-0.1, -0.05) is 99.8 Å². The maximum absolute atomic E-state index is 13.2. The van der Waals surface area contributed by atoms with Gasteiger partial charge in [-0.25, -0.2) is 0 Å². The SMILES string of the molecule is CC(C)CCCCCCSSCCCCCCCCOc1ccc2c(c1)CCC1C2CCC2(C)C(OCCCOC(C(F)(F)F)(C(F)(F)F)C(F)(F)F)CCC12. The van der Waals surface area contributed by atoms with Crippen LogP contribution in [0.1, 0.15) is 147 Å². The second kappa shape index (κ2) is 21.5. The van der Waals surface area contributed by atoms with Crippen LogP contribution in [0.15, 0.2) is 18.2 Å². The van der Waals surface area contributed by atoms with Crippen molar-refractivity contribution in [3.05, 3.63) is 29.3 Å². The summed E-state index contributed by atoms with van der Waals surface area (Å²) < 4.78 is 134. The van der Waals surface area contributed by atoms with E-state index in [0.29, 0.717) is 30.8 Å². The number of aryl methyl sites for hydroxylation is 1.